The van der Waals surface area contributed by atoms with Crippen LogP contribution in [0, 0.1) is 0 Å². The molecule has 0 aliphatic carbocycles. The summed E-state index contributed by atoms with van der Waals surface area (Å²) in [4.78, 5) is 24.1. The third-order valence-corrected chi connectivity index (χ3v) is 1.40. The van der Waals surface area contributed by atoms with E-state index in [1.165, 1.54) is 0 Å². The number of halogens is 2. The average molecular weight is 282 g/mol. The molecule has 0 amide bonds. The van der Waals surface area contributed by atoms with Gasteiger partial charge in [-0.05, 0) is 12.8 Å². The zero-order valence-electron chi connectivity index (χ0n) is 8.77. The second kappa shape index (κ2) is 10.5. The quantitative estimate of drug-likeness (QED) is 0.338. The van der Waals surface area contributed by atoms with Gasteiger partial charge < -0.3 is 21.7 Å². The molecule has 0 aliphatic rings. The SMILES string of the molecule is F.NC[C@H](O)CC[C@H](N)C(=O)O.O=P(O)(O)F. The maximum absolute atomic E-state index is 10.4. The van der Waals surface area contributed by atoms with E-state index < -0.39 is 26.0 Å². The smallest absolute Gasteiger partial charge is 0.480 e. The van der Waals surface area contributed by atoms with Gasteiger partial charge in [0.05, 0.1) is 6.10 Å². The Morgan fingerprint density at radius 3 is 1.94 bits per heavy atom. The first kappa shape index (κ1) is 21.6. The normalized spacial score (nSPS) is 13.8. The molecule has 0 radical (unpaired) electrons. The number of aliphatic hydroxyl groups excluding tert-OH is 1. The van der Waals surface area contributed by atoms with E-state index in [1.807, 2.05) is 0 Å². The van der Waals surface area contributed by atoms with E-state index in [0.29, 0.717) is 6.42 Å². The summed E-state index contributed by atoms with van der Waals surface area (Å²) in [7, 11) is -5.14. The molecule has 106 valence electrons. The third-order valence-electron chi connectivity index (χ3n) is 1.40. The molecule has 0 saturated carbocycles. The summed E-state index contributed by atoms with van der Waals surface area (Å²) in [5.41, 5.74) is 10.3. The van der Waals surface area contributed by atoms with E-state index in [-0.39, 0.29) is 17.7 Å². The molecular weight excluding hydrogens is 265 g/mol. The minimum absolute atomic E-state index is 0. The summed E-state index contributed by atoms with van der Waals surface area (Å²) in [6.45, 7) is 0.145. The lowest BCUT2D eigenvalue weighted by Crippen LogP contribution is -2.32. The molecule has 8 nitrogen and oxygen atoms in total. The Hall–Kier alpha value is -0.640. The van der Waals surface area contributed by atoms with Gasteiger partial charge in [-0.25, -0.2) is 4.57 Å². The van der Waals surface area contributed by atoms with Crippen LogP contribution in [-0.2, 0) is 9.36 Å². The van der Waals surface area contributed by atoms with Crippen molar-refractivity contribution in [2.24, 2.45) is 11.5 Å². The molecule has 0 unspecified atom stereocenters. The molecule has 0 bridgehead atoms. The van der Waals surface area contributed by atoms with Crippen LogP contribution in [0.15, 0.2) is 0 Å². The molecule has 0 aliphatic heterocycles. The zero-order valence-corrected chi connectivity index (χ0v) is 9.66. The van der Waals surface area contributed by atoms with Crippen LogP contribution >= 0.6 is 7.91 Å². The molecular formula is C6H17F2N2O6P. The lowest BCUT2D eigenvalue weighted by Gasteiger charge is -2.09. The fraction of sp³-hybridized carbons (Fsp3) is 0.833. The summed E-state index contributed by atoms with van der Waals surface area (Å²) in [5, 5.41) is 17.2. The van der Waals surface area contributed by atoms with E-state index in [9.17, 15) is 8.99 Å². The van der Waals surface area contributed by atoms with Crippen LogP contribution in [0.2, 0.25) is 0 Å². The molecule has 0 fully saturated rings. The minimum Gasteiger partial charge on any atom is -0.480 e. The van der Waals surface area contributed by atoms with Crippen LogP contribution in [0.5, 0.6) is 0 Å². The number of aliphatic hydroxyl groups is 1. The maximum atomic E-state index is 10.4. The Balaban J connectivity index is -0.000000280. The van der Waals surface area contributed by atoms with Gasteiger partial charge in [0.1, 0.15) is 6.04 Å². The highest BCUT2D eigenvalue weighted by Crippen LogP contribution is 2.34. The molecule has 0 heterocycles. The van der Waals surface area contributed by atoms with E-state index in [1.54, 1.807) is 0 Å². The number of carboxylic acid groups (broad SMARTS) is 1. The standard InChI is InChI=1S/C6H14N2O3.FH2O3P.FH/c7-3-4(9)1-2-5(8)6(10)11;1-5(2,3)4;/h4-5,9H,1-3,7-8H2,(H,10,11);(H2,2,3,4);1H/t4-,5+;;/m1../s1. The van der Waals surface area contributed by atoms with Gasteiger partial charge >= 0.3 is 13.9 Å². The topological polar surface area (TPSA) is 167 Å². The summed E-state index contributed by atoms with van der Waals surface area (Å²) in [6, 6.07) is -0.892. The Morgan fingerprint density at radius 2 is 1.71 bits per heavy atom. The van der Waals surface area contributed by atoms with E-state index >= 15 is 0 Å². The fourth-order valence-corrected chi connectivity index (χ4v) is 0.613. The van der Waals surface area contributed by atoms with Crippen LogP contribution in [0.25, 0.3) is 0 Å². The van der Waals surface area contributed by atoms with Gasteiger partial charge in [-0.1, -0.05) is 0 Å². The zero-order chi connectivity index (χ0) is 13.4. The molecule has 0 aromatic carbocycles. The maximum Gasteiger partial charge on any atom is 0.507 e. The van der Waals surface area contributed by atoms with Crippen molar-refractivity contribution in [3.8, 4) is 0 Å². The van der Waals surface area contributed by atoms with Crippen molar-refractivity contribution in [2.45, 2.75) is 25.0 Å². The van der Waals surface area contributed by atoms with Crippen LogP contribution in [-0.4, -0.2) is 44.7 Å². The van der Waals surface area contributed by atoms with Crippen LogP contribution in [0.1, 0.15) is 12.8 Å². The fourth-order valence-electron chi connectivity index (χ4n) is 0.613. The van der Waals surface area contributed by atoms with Gasteiger partial charge in [-0.3, -0.25) is 19.3 Å². The molecule has 2 atom stereocenters. The Labute approximate surface area is 96.1 Å². The van der Waals surface area contributed by atoms with Gasteiger partial charge in [0.2, 0.25) is 0 Å². The molecule has 0 rings (SSSR count). The largest absolute Gasteiger partial charge is 0.507 e. The number of carboxylic acids is 1. The van der Waals surface area contributed by atoms with Crippen LogP contribution in [0.3, 0.4) is 0 Å². The molecule has 0 aromatic rings. The second-order valence-electron chi connectivity index (χ2n) is 2.88. The molecule has 8 N–H and O–H groups in total. The number of hydrogen-bond acceptors (Lipinski definition) is 5. The van der Waals surface area contributed by atoms with Crippen molar-refractivity contribution in [3.05, 3.63) is 0 Å². The number of aliphatic carboxylic acids is 1. The number of hydrogen-bond donors (Lipinski definition) is 6. The molecule has 17 heavy (non-hydrogen) atoms. The van der Waals surface area contributed by atoms with E-state index in [2.05, 4.69) is 0 Å². The van der Waals surface area contributed by atoms with Gasteiger partial charge in [0.15, 0.2) is 0 Å². The predicted octanol–water partition coefficient (Wildman–Crippen LogP) is -1.30. The summed E-state index contributed by atoms with van der Waals surface area (Å²) in [5.74, 6) is -1.05. The Morgan fingerprint density at radius 1 is 1.35 bits per heavy atom. The lowest BCUT2D eigenvalue weighted by atomic mass is 10.1. The minimum atomic E-state index is -5.14. The van der Waals surface area contributed by atoms with E-state index in [4.69, 9.17) is 36.0 Å². The first-order valence-electron chi connectivity index (χ1n) is 4.19. The van der Waals surface area contributed by atoms with Crippen molar-refractivity contribution in [1.82, 2.24) is 0 Å². The van der Waals surface area contributed by atoms with E-state index in [0.717, 1.165) is 0 Å². The van der Waals surface area contributed by atoms with Crippen LogP contribution in [0.4, 0.5) is 8.90 Å². The molecule has 11 heteroatoms. The summed E-state index contributed by atoms with van der Waals surface area (Å²) in [6.07, 6.45) is -0.0436. The van der Waals surface area contributed by atoms with Crippen molar-refractivity contribution in [1.29, 1.82) is 0 Å². The van der Waals surface area contributed by atoms with Crippen molar-refractivity contribution in [2.75, 3.05) is 6.54 Å². The number of nitrogens with two attached hydrogens (primary N) is 2. The predicted molar refractivity (Wildman–Crippen MR) is 55.6 cm³/mol. The second-order valence-corrected chi connectivity index (χ2v) is 3.83. The molecule has 0 saturated heterocycles. The van der Waals surface area contributed by atoms with Gasteiger partial charge in [-0.15, -0.1) is 4.20 Å². The average Bonchev–Trinajstić information content (AvgIpc) is 2.10. The van der Waals surface area contributed by atoms with Crippen molar-refractivity contribution >= 4 is 13.9 Å². The third kappa shape index (κ3) is 25.5. The monoisotopic (exact) mass is 282 g/mol. The van der Waals surface area contributed by atoms with Crippen molar-refractivity contribution < 1.29 is 38.3 Å². The van der Waals surface area contributed by atoms with Gasteiger partial charge in [0, 0.05) is 6.54 Å². The summed E-state index contributed by atoms with van der Waals surface area (Å²) >= 11 is 0. The number of rotatable bonds is 5. The van der Waals surface area contributed by atoms with Crippen molar-refractivity contribution in [3.63, 3.8) is 0 Å². The van der Waals surface area contributed by atoms with Gasteiger partial charge in [0.25, 0.3) is 0 Å². The highest BCUT2D eigenvalue weighted by Gasteiger charge is 2.12. The molecule has 0 spiro atoms. The Bertz CT molecular complexity index is 242. The highest BCUT2D eigenvalue weighted by molar-refractivity contribution is 7.45. The van der Waals surface area contributed by atoms with Gasteiger partial charge in [-0.2, -0.15) is 0 Å². The highest BCUT2D eigenvalue weighted by atomic mass is 31.2. The summed E-state index contributed by atoms with van der Waals surface area (Å²) < 4.78 is 19.0. The molecule has 0 aromatic heterocycles. The Kier molecular flexibility index (Phi) is 13.4. The lowest BCUT2D eigenvalue weighted by molar-refractivity contribution is -0.138. The first-order valence-corrected chi connectivity index (χ1v) is 5.70. The number of carbonyl (C=O) groups is 1. The van der Waals surface area contributed by atoms with Crippen LogP contribution < -0.4 is 11.5 Å². The first-order chi connectivity index (χ1) is 7.07.